The van der Waals surface area contributed by atoms with Crippen LogP contribution in [0.3, 0.4) is 0 Å². The molecule has 0 saturated carbocycles. The van der Waals surface area contributed by atoms with Crippen molar-refractivity contribution in [1.82, 2.24) is 20.3 Å². The van der Waals surface area contributed by atoms with Gasteiger partial charge in [0, 0.05) is 37.0 Å². The van der Waals surface area contributed by atoms with E-state index >= 15 is 0 Å². The summed E-state index contributed by atoms with van der Waals surface area (Å²) in [6.07, 6.45) is 4.65. The zero-order valence-electron chi connectivity index (χ0n) is 11.5. The number of pyridine rings is 1. The topological polar surface area (TPSA) is 50.7 Å². The maximum absolute atomic E-state index is 5.88. The lowest BCUT2D eigenvalue weighted by molar-refractivity contribution is 0.615. The zero-order valence-corrected chi connectivity index (χ0v) is 12.2. The Hall–Kier alpha value is -1.52. The van der Waals surface area contributed by atoms with Crippen molar-refractivity contribution in [2.75, 3.05) is 6.54 Å². The van der Waals surface area contributed by atoms with Crippen LogP contribution in [-0.4, -0.2) is 21.5 Å². The molecule has 104 valence electrons. The van der Waals surface area contributed by atoms with Crippen molar-refractivity contribution in [1.29, 1.82) is 0 Å². The Bertz CT molecular complexity index is 610. The first-order valence-corrected chi connectivity index (χ1v) is 7.37. The molecule has 0 aromatic carbocycles. The molecule has 0 spiro atoms. The molecule has 0 atom stereocenters. The van der Waals surface area contributed by atoms with Crippen molar-refractivity contribution < 1.29 is 0 Å². The minimum absolute atomic E-state index is 0.629. The molecule has 0 saturated heterocycles. The van der Waals surface area contributed by atoms with Crippen molar-refractivity contribution in [3.63, 3.8) is 0 Å². The molecular weight excluding hydrogens is 272 g/mol. The Kier molecular flexibility index (Phi) is 3.94. The first-order chi connectivity index (χ1) is 9.78. The lowest BCUT2D eigenvalue weighted by Gasteiger charge is -2.19. The largest absolute Gasteiger partial charge is 0.312 e. The molecule has 20 heavy (non-hydrogen) atoms. The Balaban J connectivity index is 2.07. The van der Waals surface area contributed by atoms with Crippen LogP contribution in [0.4, 0.5) is 0 Å². The summed E-state index contributed by atoms with van der Waals surface area (Å²) >= 11 is 5.88. The molecule has 0 radical (unpaired) electrons. The van der Waals surface area contributed by atoms with Gasteiger partial charge in [-0.15, -0.1) is 0 Å². The second kappa shape index (κ2) is 5.85. The number of nitrogens with one attached hydrogen (secondary N) is 1. The van der Waals surface area contributed by atoms with E-state index in [4.69, 9.17) is 21.6 Å². The minimum atomic E-state index is 0.629. The lowest BCUT2D eigenvalue weighted by atomic mass is 10.0. The quantitative estimate of drug-likeness (QED) is 0.943. The second-order valence-corrected chi connectivity index (χ2v) is 5.39. The van der Waals surface area contributed by atoms with Crippen LogP contribution in [0, 0.1) is 0 Å². The van der Waals surface area contributed by atoms with Crippen LogP contribution in [0.15, 0.2) is 18.3 Å². The summed E-state index contributed by atoms with van der Waals surface area (Å²) in [4.78, 5) is 13.7. The highest BCUT2D eigenvalue weighted by atomic mass is 35.5. The van der Waals surface area contributed by atoms with Gasteiger partial charge in [0.25, 0.3) is 0 Å². The summed E-state index contributed by atoms with van der Waals surface area (Å²) in [5.74, 6) is 0.714. The van der Waals surface area contributed by atoms with Crippen LogP contribution in [0.1, 0.15) is 30.3 Å². The van der Waals surface area contributed by atoms with E-state index in [1.165, 1.54) is 5.56 Å². The number of fused-ring (bicyclic) bond motifs is 1. The van der Waals surface area contributed by atoms with Gasteiger partial charge in [-0.3, -0.25) is 4.98 Å². The number of hydrogen-bond acceptors (Lipinski definition) is 4. The van der Waals surface area contributed by atoms with E-state index in [-0.39, 0.29) is 0 Å². The molecule has 0 aliphatic carbocycles. The lowest BCUT2D eigenvalue weighted by Crippen LogP contribution is -2.26. The van der Waals surface area contributed by atoms with Crippen molar-refractivity contribution in [3.05, 3.63) is 40.3 Å². The first-order valence-electron chi connectivity index (χ1n) is 6.99. The predicted molar refractivity (Wildman–Crippen MR) is 79.7 cm³/mol. The standard InChI is InChI=1S/C15H17ClN4/c1-2-3-12-11-9-17-7-6-13(11)20-15(19-12)14-5-4-10(16)8-18-14/h4-5,8,17H,2-3,6-7,9H2,1H3. The highest BCUT2D eigenvalue weighted by Gasteiger charge is 2.17. The number of halogens is 1. The molecule has 0 amide bonds. The molecule has 1 N–H and O–H groups in total. The van der Waals surface area contributed by atoms with E-state index in [2.05, 4.69) is 17.2 Å². The molecular formula is C15H17ClN4. The molecule has 1 aliphatic rings. The SMILES string of the molecule is CCCc1nc(-c2ccc(Cl)cn2)nc2c1CNCC2. The van der Waals surface area contributed by atoms with E-state index in [1.807, 2.05) is 12.1 Å². The summed E-state index contributed by atoms with van der Waals surface area (Å²) in [5.41, 5.74) is 4.37. The van der Waals surface area contributed by atoms with Crippen molar-refractivity contribution in [2.45, 2.75) is 32.7 Å². The van der Waals surface area contributed by atoms with Crippen molar-refractivity contribution >= 4 is 11.6 Å². The Morgan fingerprint density at radius 1 is 1.30 bits per heavy atom. The molecule has 0 bridgehead atoms. The third-order valence-corrected chi connectivity index (χ3v) is 3.69. The Morgan fingerprint density at radius 3 is 2.95 bits per heavy atom. The van der Waals surface area contributed by atoms with Gasteiger partial charge in [-0.2, -0.15) is 0 Å². The summed E-state index contributed by atoms with van der Waals surface area (Å²) in [5, 5.41) is 4.02. The van der Waals surface area contributed by atoms with Gasteiger partial charge in [-0.1, -0.05) is 24.9 Å². The number of aromatic nitrogens is 3. The van der Waals surface area contributed by atoms with Gasteiger partial charge < -0.3 is 5.32 Å². The van der Waals surface area contributed by atoms with Gasteiger partial charge in [-0.25, -0.2) is 9.97 Å². The number of nitrogens with zero attached hydrogens (tertiary/aromatic N) is 3. The summed E-state index contributed by atoms with van der Waals surface area (Å²) in [6.45, 7) is 4.02. The van der Waals surface area contributed by atoms with Gasteiger partial charge in [0.1, 0.15) is 5.69 Å². The van der Waals surface area contributed by atoms with Crippen molar-refractivity contribution in [3.8, 4) is 11.5 Å². The third kappa shape index (κ3) is 2.67. The van der Waals surface area contributed by atoms with E-state index in [0.717, 1.165) is 49.4 Å². The zero-order chi connectivity index (χ0) is 13.9. The fourth-order valence-electron chi connectivity index (χ4n) is 2.48. The molecule has 5 heteroatoms. The Labute approximate surface area is 123 Å². The van der Waals surface area contributed by atoms with E-state index in [0.29, 0.717) is 10.8 Å². The smallest absolute Gasteiger partial charge is 0.178 e. The number of aryl methyl sites for hydroxylation is 1. The number of hydrogen-bond donors (Lipinski definition) is 1. The Morgan fingerprint density at radius 2 is 2.20 bits per heavy atom. The van der Waals surface area contributed by atoms with Crippen molar-refractivity contribution in [2.24, 2.45) is 0 Å². The minimum Gasteiger partial charge on any atom is -0.312 e. The highest BCUT2D eigenvalue weighted by molar-refractivity contribution is 6.30. The average molecular weight is 289 g/mol. The van der Waals surface area contributed by atoms with Gasteiger partial charge in [-0.05, 0) is 18.6 Å². The van der Waals surface area contributed by atoms with Gasteiger partial charge in [0.15, 0.2) is 5.82 Å². The average Bonchev–Trinajstić information content (AvgIpc) is 2.48. The fourth-order valence-corrected chi connectivity index (χ4v) is 2.59. The second-order valence-electron chi connectivity index (χ2n) is 4.96. The van der Waals surface area contributed by atoms with Crippen LogP contribution in [0.2, 0.25) is 5.02 Å². The summed E-state index contributed by atoms with van der Waals surface area (Å²) in [7, 11) is 0. The molecule has 0 unspecified atom stereocenters. The van der Waals surface area contributed by atoms with Gasteiger partial charge >= 0.3 is 0 Å². The van der Waals surface area contributed by atoms with E-state index in [1.54, 1.807) is 6.20 Å². The maximum atomic E-state index is 5.88. The van der Waals surface area contributed by atoms with Gasteiger partial charge in [0.05, 0.1) is 10.7 Å². The summed E-state index contributed by atoms with van der Waals surface area (Å²) in [6, 6.07) is 3.70. The van der Waals surface area contributed by atoms with Crippen LogP contribution in [0.5, 0.6) is 0 Å². The molecule has 4 nitrogen and oxygen atoms in total. The predicted octanol–water partition coefficient (Wildman–Crippen LogP) is 2.79. The van der Waals surface area contributed by atoms with Crippen LogP contribution >= 0.6 is 11.6 Å². The molecule has 2 aromatic rings. The molecule has 1 aliphatic heterocycles. The molecule has 2 aromatic heterocycles. The maximum Gasteiger partial charge on any atom is 0.178 e. The van der Waals surface area contributed by atoms with Gasteiger partial charge in [0.2, 0.25) is 0 Å². The molecule has 3 heterocycles. The fraction of sp³-hybridized carbons (Fsp3) is 0.400. The van der Waals surface area contributed by atoms with Crippen LogP contribution in [-0.2, 0) is 19.4 Å². The molecule has 3 rings (SSSR count). The first kappa shape index (κ1) is 13.5. The van der Waals surface area contributed by atoms with E-state index in [9.17, 15) is 0 Å². The summed E-state index contributed by atoms with van der Waals surface area (Å²) < 4.78 is 0. The monoisotopic (exact) mass is 288 g/mol. The normalized spacial score (nSPS) is 14.1. The highest BCUT2D eigenvalue weighted by Crippen LogP contribution is 2.22. The third-order valence-electron chi connectivity index (χ3n) is 3.46. The van der Waals surface area contributed by atoms with E-state index < -0.39 is 0 Å². The van der Waals surface area contributed by atoms with Crippen LogP contribution in [0.25, 0.3) is 11.5 Å². The van der Waals surface area contributed by atoms with Crippen LogP contribution < -0.4 is 5.32 Å². The molecule has 0 fully saturated rings. The number of rotatable bonds is 3.